The Balaban J connectivity index is 2.17. The van der Waals surface area contributed by atoms with Gasteiger partial charge < -0.3 is 0 Å². The number of alkyl halides is 1. The van der Waals surface area contributed by atoms with Crippen LogP contribution < -0.4 is 0 Å². The Kier molecular flexibility index (Phi) is 4.70. The topological polar surface area (TPSA) is 0 Å². The Hall–Kier alpha value is -0.790. The molecule has 0 amide bonds. The van der Waals surface area contributed by atoms with Crippen molar-refractivity contribution in [2.45, 2.75) is 32.6 Å². The normalized spacial score (nSPS) is 12.5. The molecule has 1 atom stereocenters. The van der Waals surface area contributed by atoms with Gasteiger partial charge in [0.05, 0.1) is 5.38 Å². The Morgan fingerprint density at radius 1 is 0.947 bits per heavy atom. The molecule has 0 aliphatic rings. The summed E-state index contributed by atoms with van der Waals surface area (Å²) in [5, 5.41) is 0.0221. The van der Waals surface area contributed by atoms with Gasteiger partial charge in [0, 0.05) is 4.47 Å². The van der Waals surface area contributed by atoms with E-state index in [1.165, 1.54) is 27.8 Å². The minimum Gasteiger partial charge on any atom is -0.117 e. The number of halogens is 2. The third-order valence-electron chi connectivity index (χ3n) is 3.53. The van der Waals surface area contributed by atoms with Crippen LogP contribution in [0.3, 0.4) is 0 Å². The van der Waals surface area contributed by atoms with Crippen LogP contribution in [0.25, 0.3) is 0 Å². The number of rotatable bonds is 3. The van der Waals surface area contributed by atoms with E-state index in [1.807, 2.05) is 0 Å². The first-order chi connectivity index (χ1) is 8.97. The fourth-order valence-corrected chi connectivity index (χ4v) is 2.68. The summed E-state index contributed by atoms with van der Waals surface area (Å²) in [5.74, 6) is 0. The summed E-state index contributed by atoms with van der Waals surface area (Å²) in [6, 6.07) is 12.9. The Bertz CT molecular complexity index is 590. The first-order valence-corrected chi connectivity index (χ1v) is 7.66. The first kappa shape index (κ1) is 14.6. The second-order valence-corrected chi connectivity index (χ2v) is 6.48. The fourth-order valence-electron chi connectivity index (χ4n) is 2.12. The number of aryl methyl sites for hydroxylation is 3. The smallest absolute Gasteiger partial charge is 0.0625 e. The zero-order chi connectivity index (χ0) is 14.0. The summed E-state index contributed by atoms with van der Waals surface area (Å²) >= 11 is 10.1. The molecule has 0 saturated heterocycles. The summed E-state index contributed by atoms with van der Waals surface area (Å²) in [5.41, 5.74) is 6.36. The quantitative estimate of drug-likeness (QED) is 0.612. The molecule has 0 spiro atoms. The predicted molar refractivity (Wildman–Crippen MR) is 87.1 cm³/mol. The predicted octanol–water partition coefficient (Wildman–Crippen LogP) is 5.90. The van der Waals surface area contributed by atoms with Crippen molar-refractivity contribution >= 4 is 27.5 Å². The van der Waals surface area contributed by atoms with Crippen LogP contribution in [0.1, 0.15) is 33.2 Å². The van der Waals surface area contributed by atoms with E-state index >= 15 is 0 Å². The molecule has 0 nitrogen and oxygen atoms in total. The van der Waals surface area contributed by atoms with Crippen molar-refractivity contribution in [2.75, 3.05) is 0 Å². The van der Waals surface area contributed by atoms with E-state index < -0.39 is 0 Å². The SMILES string of the molecule is Cc1ccc(CC(Cl)c2ccc(Br)c(C)c2)cc1C. The molecule has 1 unspecified atom stereocenters. The van der Waals surface area contributed by atoms with E-state index in [4.69, 9.17) is 11.6 Å². The number of benzene rings is 2. The maximum absolute atomic E-state index is 6.54. The molecule has 2 aromatic rings. The molecule has 0 heterocycles. The average molecular weight is 338 g/mol. The highest BCUT2D eigenvalue weighted by Gasteiger charge is 2.10. The molecule has 0 aromatic heterocycles. The summed E-state index contributed by atoms with van der Waals surface area (Å²) in [6.45, 7) is 6.37. The fraction of sp³-hybridized carbons (Fsp3) is 0.294. The third-order valence-corrected chi connectivity index (χ3v) is 4.83. The van der Waals surface area contributed by atoms with Crippen molar-refractivity contribution in [1.29, 1.82) is 0 Å². The largest absolute Gasteiger partial charge is 0.117 e. The molecule has 0 aliphatic carbocycles. The van der Waals surface area contributed by atoms with Crippen LogP contribution in [0.5, 0.6) is 0 Å². The van der Waals surface area contributed by atoms with E-state index in [0.717, 1.165) is 10.9 Å². The van der Waals surface area contributed by atoms with Gasteiger partial charge in [-0.05, 0) is 61.1 Å². The monoisotopic (exact) mass is 336 g/mol. The van der Waals surface area contributed by atoms with Crippen molar-refractivity contribution in [3.63, 3.8) is 0 Å². The van der Waals surface area contributed by atoms with Gasteiger partial charge >= 0.3 is 0 Å². The second-order valence-electron chi connectivity index (χ2n) is 5.10. The minimum atomic E-state index is 0.0221. The number of hydrogen-bond acceptors (Lipinski definition) is 0. The van der Waals surface area contributed by atoms with Gasteiger partial charge in [-0.1, -0.05) is 46.3 Å². The van der Waals surface area contributed by atoms with Crippen LogP contribution in [-0.4, -0.2) is 0 Å². The minimum absolute atomic E-state index is 0.0221. The Morgan fingerprint density at radius 2 is 1.68 bits per heavy atom. The van der Waals surface area contributed by atoms with E-state index in [1.54, 1.807) is 0 Å². The zero-order valence-electron chi connectivity index (χ0n) is 11.5. The van der Waals surface area contributed by atoms with E-state index in [0.29, 0.717) is 0 Å². The molecule has 0 saturated carbocycles. The zero-order valence-corrected chi connectivity index (χ0v) is 13.8. The van der Waals surface area contributed by atoms with Crippen molar-refractivity contribution in [3.8, 4) is 0 Å². The van der Waals surface area contributed by atoms with E-state index in [9.17, 15) is 0 Å². The highest BCUT2D eigenvalue weighted by Crippen LogP contribution is 2.28. The summed E-state index contributed by atoms with van der Waals surface area (Å²) in [7, 11) is 0. The van der Waals surface area contributed by atoms with Gasteiger partial charge in [0.1, 0.15) is 0 Å². The lowest BCUT2D eigenvalue weighted by atomic mass is 9.99. The molecule has 0 aliphatic heterocycles. The van der Waals surface area contributed by atoms with Gasteiger partial charge in [0.15, 0.2) is 0 Å². The Morgan fingerprint density at radius 3 is 2.32 bits per heavy atom. The average Bonchev–Trinajstić information content (AvgIpc) is 2.37. The highest BCUT2D eigenvalue weighted by molar-refractivity contribution is 9.10. The van der Waals surface area contributed by atoms with E-state index in [-0.39, 0.29) is 5.38 Å². The van der Waals surface area contributed by atoms with Gasteiger partial charge in [-0.15, -0.1) is 11.6 Å². The summed E-state index contributed by atoms with van der Waals surface area (Å²) in [6.07, 6.45) is 0.865. The van der Waals surface area contributed by atoms with Crippen LogP contribution in [0.15, 0.2) is 40.9 Å². The molecular formula is C17H18BrCl. The molecule has 2 rings (SSSR count). The van der Waals surface area contributed by atoms with Crippen molar-refractivity contribution in [1.82, 2.24) is 0 Å². The highest BCUT2D eigenvalue weighted by atomic mass is 79.9. The van der Waals surface area contributed by atoms with Crippen LogP contribution in [0.2, 0.25) is 0 Å². The van der Waals surface area contributed by atoms with Crippen LogP contribution in [0, 0.1) is 20.8 Å². The Labute approximate surface area is 128 Å². The van der Waals surface area contributed by atoms with Crippen molar-refractivity contribution < 1.29 is 0 Å². The van der Waals surface area contributed by atoms with Gasteiger partial charge in [0.2, 0.25) is 0 Å². The van der Waals surface area contributed by atoms with Crippen molar-refractivity contribution in [3.05, 3.63) is 68.7 Å². The molecule has 0 fully saturated rings. The number of hydrogen-bond donors (Lipinski definition) is 0. The maximum atomic E-state index is 6.54. The molecule has 19 heavy (non-hydrogen) atoms. The molecular weight excluding hydrogens is 320 g/mol. The van der Waals surface area contributed by atoms with Gasteiger partial charge in [-0.3, -0.25) is 0 Å². The maximum Gasteiger partial charge on any atom is 0.0625 e. The molecule has 2 aromatic carbocycles. The van der Waals surface area contributed by atoms with Crippen molar-refractivity contribution in [2.24, 2.45) is 0 Å². The molecule has 0 N–H and O–H groups in total. The standard InChI is InChI=1S/C17H18BrCl/c1-11-4-5-14(8-12(11)2)10-17(19)15-6-7-16(18)13(3)9-15/h4-9,17H,10H2,1-3H3. The molecule has 2 heteroatoms. The molecule has 0 radical (unpaired) electrons. The van der Waals surface area contributed by atoms with Crippen LogP contribution in [0.4, 0.5) is 0 Å². The first-order valence-electron chi connectivity index (χ1n) is 6.43. The lowest BCUT2D eigenvalue weighted by Crippen LogP contribution is -1.97. The van der Waals surface area contributed by atoms with Gasteiger partial charge in [0.25, 0.3) is 0 Å². The molecule has 100 valence electrons. The lowest BCUT2D eigenvalue weighted by Gasteiger charge is -2.12. The van der Waals surface area contributed by atoms with Gasteiger partial charge in [-0.2, -0.15) is 0 Å². The van der Waals surface area contributed by atoms with Gasteiger partial charge in [-0.25, -0.2) is 0 Å². The third kappa shape index (κ3) is 3.61. The summed E-state index contributed by atoms with van der Waals surface area (Å²) in [4.78, 5) is 0. The van der Waals surface area contributed by atoms with E-state index in [2.05, 4.69) is 73.1 Å². The lowest BCUT2D eigenvalue weighted by molar-refractivity contribution is 0.914. The van der Waals surface area contributed by atoms with Crippen LogP contribution in [-0.2, 0) is 6.42 Å². The second kappa shape index (κ2) is 6.11. The van der Waals surface area contributed by atoms with Crippen LogP contribution >= 0.6 is 27.5 Å². The molecule has 0 bridgehead atoms. The summed E-state index contributed by atoms with van der Waals surface area (Å²) < 4.78 is 1.13.